The normalized spacial score (nSPS) is 10.2. The molecule has 4 N–H and O–H groups in total. The van der Waals surface area contributed by atoms with Crippen LogP contribution in [0.1, 0.15) is 10.5 Å². The Labute approximate surface area is 144 Å². The number of carbonyl (C=O) groups is 2. The van der Waals surface area contributed by atoms with Gasteiger partial charge < -0.3 is 16.0 Å². The van der Waals surface area contributed by atoms with Gasteiger partial charge in [0.05, 0.1) is 5.52 Å². The minimum Gasteiger partial charge on any atom is -0.334 e. The quantitative estimate of drug-likeness (QED) is 0.539. The second-order valence-corrected chi connectivity index (χ2v) is 5.27. The third kappa shape index (κ3) is 3.84. The van der Waals surface area contributed by atoms with Crippen LogP contribution in [0.15, 0.2) is 61.2 Å². The molecule has 0 spiro atoms. The van der Waals surface area contributed by atoms with Crippen LogP contribution >= 0.6 is 0 Å². The predicted octanol–water partition coefficient (Wildman–Crippen LogP) is 3.12. The maximum atomic E-state index is 12.4. The minimum absolute atomic E-state index is 0.304. The van der Waals surface area contributed by atoms with E-state index in [1.807, 2.05) is 24.3 Å². The van der Waals surface area contributed by atoms with Crippen LogP contribution in [0.5, 0.6) is 0 Å². The standard InChI is InChI=1S/C18H17N5O2/c1-2-11-19-18(25)21-13-9-7-12(8-10-13)20-17(24)16-14-5-3-4-6-15(14)22-23-16/h2-10H,1,11H2,(H,20,24)(H,22,23)(H2,19,21,25). The third-order valence-corrected chi connectivity index (χ3v) is 3.49. The first-order chi connectivity index (χ1) is 12.2. The van der Waals surface area contributed by atoms with Gasteiger partial charge in [-0.15, -0.1) is 6.58 Å². The molecule has 3 rings (SSSR count). The molecule has 7 heteroatoms. The average molecular weight is 335 g/mol. The highest BCUT2D eigenvalue weighted by atomic mass is 16.2. The van der Waals surface area contributed by atoms with Crippen LogP contribution in [0.25, 0.3) is 10.9 Å². The molecule has 0 radical (unpaired) electrons. The molecular formula is C18H17N5O2. The van der Waals surface area contributed by atoms with Crippen molar-refractivity contribution in [1.29, 1.82) is 0 Å². The molecule has 0 atom stereocenters. The van der Waals surface area contributed by atoms with Crippen molar-refractivity contribution in [2.75, 3.05) is 17.2 Å². The number of aromatic amines is 1. The maximum absolute atomic E-state index is 12.4. The number of hydrogen-bond acceptors (Lipinski definition) is 3. The van der Waals surface area contributed by atoms with Gasteiger partial charge in [-0.3, -0.25) is 9.89 Å². The number of fused-ring (bicyclic) bond motifs is 1. The van der Waals surface area contributed by atoms with E-state index in [1.165, 1.54) is 0 Å². The van der Waals surface area contributed by atoms with E-state index in [4.69, 9.17) is 0 Å². The fourth-order valence-electron chi connectivity index (χ4n) is 2.30. The van der Waals surface area contributed by atoms with Crippen molar-refractivity contribution in [2.24, 2.45) is 0 Å². The first-order valence-corrected chi connectivity index (χ1v) is 7.67. The molecule has 2 aromatic carbocycles. The monoisotopic (exact) mass is 335 g/mol. The first kappa shape index (κ1) is 16.3. The Hall–Kier alpha value is -3.61. The van der Waals surface area contributed by atoms with Gasteiger partial charge in [-0.05, 0) is 30.3 Å². The lowest BCUT2D eigenvalue weighted by Crippen LogP contribution is -2.28. The Morgan fingerprint density at radius 1 is 1.04 bits per heavy atom. The zero-order valence-corrected chi connectivity index (χ0v) is 13.4. The Kier molecular flexibility index (Phi) is 4.75. The Balaban J connectivity index is 1.66. The van der Waals surface area contributed by atoms with E-state index in [9.17, 15) is 9.59 Å². The minimum atomic E-state index is -0.320. The lowest BCUT2D eigenvalue weighted by atomic mass is 10.2. The number of nitrogens with zero attached hydrogens (tertiary/aromatic N) is 1. The number of H-pyrrole nitrogens is 1. The summed E-state index contributed by atoms with van der Waals surface area (Å²) < 4.78 is 0. The van der Waals surface area contributed by atoms with Crippen LogP contribution in [-0.2, 0) is 0 Å². The zero-order chi connectivity index (χ0) is 17.6. The molecule has 3 amide bonds. The van der Waals surface area contributed by atoms with Gasteiger partial charge in [0.15, 0.2) is 5.69 Å². The van der Waals surface area contributed by atoms with Crippen LogP contribution in [0, 0.1) is 0 Å². The SMILES string of the molecule is C=CCNC(=O)Nc1ccc(NC(=O)c2n[nH]c3ccccc23)cc1. The van der Waals surface area contributed by atoms with Gasteiger partial charge in [0.25, 0.3) is 5.91 Å². The number of para-hydroxylation sites is 1. The molecule has 0 fully saturated rings. The lowest BCUT2D eigenvalue weighted by Gasteiger charge is -2.08. The van der Waals surface area contributed by atoms with Gasteiger partial charge in [-0.1, -0.05) is 24.3 Å². The van der Waals surface area contributed by atoms with Gasteiger partial charge in [0.1, 0.15) is 0 Å². The molecule has 0 aliphatic rings. The molecule has 7 nitrogen and oxygen atoms in total. The summed E-state index contributed by atoms with van der Waals surface area (Å²) in [6.45, 7) is 3.92. The van der Waals surface area contributed by atoms with Crippen molar-refractivity contribution in [3.63, 3.8) is 0 Å². The van der Waals surface area contributed by atoms with Crippen molar-refractivity contribution in [3.05, 3.63) is 66.9 Å². The molecule has 0 saturated heterocycles. The molecule has 0 unspecified atom stereocenters. The number of aromatic nitrogens is 2. The molecule has 0 bridgehead atoms. The molecule has 1 heterocycles. The number of benzene rings is 2. The van der Waals surface area contributed by atoms with E-state index in [0.717, 1.165) is 10.9 Å². The lowest BCUT2D eigenvalue weighted by molar-refractivity contribution is 0.102. The van der Waals surface area contributed by atoms with E-state index in [1.54, 1.807) is 30.3 Å². The number of amides is 3. The summed E-state index contributed by atoms with van der Waals surface area (Å²) in [7, 11) is 0. The Morgan fingerprint density at radius 2 is 1.72 bits per heavy atom. The van der Waals surface area contributed by atoms with Crippen LogP contribution in [0.2, 0.25) is 0 Å². The average Bonchev–Trinajstić information content (AvgIpc) is 3.06. The second kappa shape index (κ2) is 7.31. The van der Waals surface area contributed by atoms with Crippen molar-refractivity contribution in [3.8, 4) is 0 Å². The van der Waals surface area contributed by atoms with Crippen LogP contribution in [0.4, 0.5) is 16.2 Å². The number of anilines is 2. The van der Waals surface area contributed by atoms with E-state index in [2.05, 4.69) is 32.7 Å². The van der Waals surface area contributed by atoms with E-state index >= 15 is 0 Å². The smallest absolute Gasteiger partial charge is 0.319 e. The topological polar surface area (TPSA) is 98.9 Å². The maximum Gasteiger partial charge on any atom is 0.319 e. The number of rotatable bonds is 5. The van der Waals surface area contributed by atoms with Crippen LogP contribution in [-0.4, -0.2) is 28.7 Å². The fourth-order valence-corrected chi connectivity index (χ4v) is 2.30. The summed E-state index contributed by atoms with van der Waals surface area (Å²) in [4.78, 5) is 23.9. The summed E-state index contributed by atoms with van der Waals surface area (Å²) >= 11 is 0. The highest BCUT2D eigenvalue weighted by molar-refractivity contribution is 6.11. The van der Waals surface area contributed by atoms with Crippen molar-refractivity contribution in [1.82, 2.24) is 15.5 Å². The second-order valence-electron chi connectivity index (χ2n) is 5.27. The number of carbonyl (C=O) groups excluding carboxylic acids is 2. The van der Waals surface area contributed by atoms with E-state index < -0.39 is 0 Å². The summed E-state index contributed by atoms with van der Waals surface area (Å²) in [6, 6.07) is 13.9. The van der Waals surface area contributed by atoms with Crippen molar-refractivity contribution < 1.29 is 9.59 Å². The third-order valence-electron chi connectivity index (χ3n) is 3.49. The number of hydrogen-bond donors (Lipinski definition) is 4. The fraction of sp³-hybridized carbons (Fsp3) is 0.0556. The first-order valence-electron chi connectivity index (χ1n) is 7.67. The molecule has 0 aliphatic carbocycles. The van der Waals surface area contributed by atoms with Crippen molar-refractivity contribution in [2.45, 2.75) is 0 Å². The van der Waals surface area contributed by atoms with E-state index in [-0.39, 0.29) is 11.9 Å². The van der Waals surface area contributed by atoms with E-state index in [0.29, 0.717) is 23.6 Å². The molecule has 1 aromatic heterocycles. The largest absolute Gasteiger partial charge is 0.334 e. The van der Waals surface area contributed by atoms with Crippen LogP contribution in [0.3, 0.4) is 0 Å². The van der Waals surface area contributed by atoms with Crippen molar-refractivity contribution >= 4 is 34.2 Å². The summed E-state index contributed by atoms with van der Waals surface area (Å²) in [5.74, 6) is -0.304. The highest BCUT2D eigenvalue weighted by Gasteiger charge is 2.13. The Bertz CT molecular complexity index is 915. The molecule has 3 aromatic rings. The van der Waals surface area contributed by atoms with Gasteiger partial charge >= 0.3 is 6.03 Å². The van der Waals surface area contributed by atoms with Gasteiger partial charge in [0, 0.05) is 23.3 Å². The van der Waals surface area contributed by atoms with Gasteiger partial charge in [-0.25, -0.2) is 4.79 Å². The number of urea groups is 1. The molecule has 0 aliphatic heterocycles. The number of nitrogens with one attached hydrogen (secondary N) is 4. The summed E-state index contributed by atoms with van der Waals surface area (Å²) in [6.07, 6.45) is 1.59. The van der Waals surface area contributed by atoms with Gasteiger partial charge in [0.2, 0.25) is 0 Å². The zero-order valence-electron chi connectivity index (χ0n) is 13.4. The summed E-state index contributed by atoms with van der Waals surface area (Å²) in [5, 5.41) is 15.7. The molecule has 0 saturated carbocycles. The highest BCUT2D eigenvalue weighted by Crippen LogP contribution is 2.18. The molecule has 25 heavy (non-hydrogen) atoms. The molecular weight excluding hydrogens is 318 g/mol. The summed E-state index contributed by atoms with van der Waals surface area (Å²) in [5.41, 5.74) is 2.36. The predicted molar refractivity (Wildman–Crippen MR) is 97.7 cm³/mol. The van der Waals surface area contributed by atoms with Crippen LogP contribution < -0.4 is 16.0 Å². The molecule has 126 valence electrons. The Morgan fingerprint density at radius 3 is 2.44 bits per heavy atom. The van der Waals surface area contributed by atoms with Gasteiger partial charge in [-0.2, -0.15) is 5.10 Å².